The second-order valence-corrected chi connectivity index (χ2v) is 12.1. The van der Waals surface area contributed by atoms with Crippen LogP contribution in [0, 0.1) is 0 Å². The van der Waals surface area contributed by atoms with Crippen molar-refractivity contribution < 1.29 is 19.1 Å². The first kappa shape index (κ1) is 26.8. The molecule has 0 bridgehead atoms. The SMILES string of the molecule is O=C(COc1ccc(/C=C2\SC(=NC3CCCCC3)N(C3CCCCC3)C2=O)cc1Br)N1CCOCC1. The second-order valence-electron chi connectivity index (χ2n) is 10.3. The quantitative estimate of drug-likeness (QED) is 0.402. The van der Waals surface area contributed by atoms with Gasteiger partial charge in [-0.1, -0.05) is 44.6 Å². The highest BCUT2D eigenvalue weighted by molar-refractivity contribution is 9.10. The molecule has 2 aliphatic carbocycles. The topological polar surface area (TPSA) is 71.4 Å². The molecule has 4 aliphatic rings. The van der Waals surface area contributed by atoms with Crippen molar-refractivity contribution in [2.45, 2.75) is 76.3 Å². The highest BCUT2D eigenvalue weighted by atomic mass is 79.9. The molecule has 0 radical (unpaired) electrons. The molecule has 0 unspecified atom stereocenters. The monoisotopic (exact) mass is 589 g/mol. The third kappa shape index (κ3) is 6.79. The lowest BCUT2D eigenvalue weighted by molar-refractivity contribution is -0.137. The van der Waals surface area contributed by atoms with Crippen molar-refractivity contribution in [2.75, 3.05) is 32.9 Å². The lowest BCUT2D eigenvalue weighted by atomic mass is 9.94. The van der Waals surface area contributed by atoms with Crippen LogP contribution in [0.25, 0.3) is 6.08 Å². The van der Waals surface area contributed by atoms with Gasteiger partial charge in [0, 0.05) is 19.1 Å². The maximum absolute atomic E-state index is 13.6. The Hall–Kier alpha value is -1.84. The molecule has 0 atom stereocenters. The molecule has 2 heterocycles. The van der Waals surface area contributed by atoms with Gasteiger partial charge in [0.05, 0.1) is 28.6 Å². The van der Waals surface area contributed by atoms with Crippen LogP contribution < -0.4 is 4.74 Å². The number of amides is 2. The summed E-state index contributed by atoms with van der Waals surface area (Å²) in [6, 6.07) is 6.31. The van der Waals surface area contributed by atoms with E-state index in [2.05, 4.69) is 15.9 Å². The number of aliphatic imine (C=N–C) groups is 1. The van der Waals surface area contributed by atoms with Gasteiger partial charge in [-0.15, -0.1) is 0 Å². The zero-order chi connectivity index (χ0) is 25.6. The number of morpholine rings is 1. The van der Waals surface area contributed by atoms with Gasteiger partial charge in [0.25, 0.3) is 11.8 Å². The van der Waals surface area contributed by atoms with Crippen molar-refractivity contribution in [1.82, 2.24) is 9.80 Å². The van der Waals surface area contributed by atoms with Gasteiger partial charge in [-0.2, -0.15) is 0 Å². The Bertz CT molecular complexity index is 1040. The summed E-state index contributed by atoms with van der Waals surface area (Å²) in [5, 5.41) is 0.899. The Balaban J connectivity index is 1.29. The summed E-state index contributed by atoms with van der Waals surface area (Å²) in [7, 11) is 0. The molecule has 2 aliphatic heterocycles. The molecule has 200 valence electrons. The van der Waals surface area contributed by atoms with E-state index in [1.165, 1.54) is 50.3 Å². The van der Waals surface area contributed by atoms with Crippen molar-refractivity contribution in [3.8, 4) is 5.75 Å². The summed E-state index contributed by atoms with van der Waals surface area (Å²) in [5.41, 5.74) is 0.914. The molecule has 0 spiro atoms. The van der Waals surface area contributed by atoms with Crippen LogP contribution in [0.3, 0.4) is 0 Å². The number of carbonyl (C=O) groups is 2. The highest BCUT2D eigenvalue weighted by Gasteiger charge is 2.39. The molecule has 37 heavy (non-hydrogen) atoms. The number of halogens is 1. The van der Waals surface area contributed by atoms with Gasteiger partial charge < -0.3 is 14.4 Å². The maximum Gasteiger partial charge on any atom is 0.266 e. The summed E-state index contributed by atoms with van der Waals surface area (Å²) < 4.78 is 11.9. The number of thioether (sulfide) groups is 1. The zero-order valence-electron chi connectivity index (χ0n) is 21.3. The first-order valence-corrected chi connectivity index (χ1v) is 15.3. The van der Waals surface area contributed by atoms with Gasteiger partial charge in [0.15, 0.2) is 11.8 Å². The van der Waals surface area contributed by atoms with Crippen LogP contribution in [0.1, 0.15) is 69.8 Å². The fourth-order valence-electron chi connectivity index (χ4n) is 5.52. The van der Waals surface area contributed by atoms with Gasteiger partial charge in [0.2, 0.25) is 0 Å². The number of nitrogens with zero attached hydrogens (tertiary/aromatic N) is 3. The number of carbonyl (C=O) groups excluding carboxylic acids is 2. The van der Waals surface area contributed by atoms with Crippen LogP contribution in [-0.2, 0) is 14.3 Å². The fourth-order valence-corrected chi connectivity index (χ4v) is 7.14. The van der Waals surface area contributed by atoms with Crippen molar-refractivity contribution in [1.29, 1.82) is 0 Å². The normalized spacial score (nSPS) is 24.3. The van der Waals surface area contributed by atoms with Crippen LogP contribution in [-0.4, -0.2) is 71.8 Å². The van der Waals surface area contributed by atoms with E-state index in [4.69, 9.17) is 14.5 Å². The molecule has 0 N–H and O–H groups in total. The van der Waals surface area contributed by atoms with E-state index in [0.717, 1.165) is 45.8 Å². The van der Waals surface area contributed by atoms with Crippen molar-refractivity contribution in [3.05, 3.63) is 33.1 Å². The van der Waals surface area contributed by atoms with Crippen LogP contribution in [0.2, 0.25) is 0 Å². The van der Waals surface area contributed by atoms with Crippen molar-refractivity contribution in [2.24, 2.45) is 4.99 Å². The Morgan fingerprint density at radius 2 is 1.78 bits per heavy atom. The minimum absolute atomic E-state index is 0.00921. The lowest BCUT2D eigenvalue weighted by Crippen LogP contribution is -2.43. The predicted molar refractivity (Wildman–Crippen MR) is 151 cm³/mol. The van der Waals surface area contributed by atoms with E-state index in [-0.39, 0.29) is 24.5 Å². The van der Waals surface area contributed by atoms with Crippen LogP contribution in [0.15, 0.2) is 32.6 Å². The molecule has 5 rings (SSSR count). The maximum atomic E-state index is 13.6. The van der Waals surface area contributed by atoms with Gasteiger partial charge in [-0.25, -0.2) is 0 Å². The van der Waals surface area contributed by atoms with E-state index >= 15 is 0 Å². The number of rotatable bonds is 6. The third-order valence-electron chi connectivity index (χ3n) is 7.61. The summed E-state index contributed by atoms with van der Waals surface area (Å²) in [4.78, 5) is 35.6. The Morgan fingerprint density at radius 3 is 2.49 bits per heavy atom. The van der Waals surface area contributed by atoms with E-state index in [1.807, 2.05) is 29.2 Å². The average molecular weight is 591 g/mol. The van der Waals surface area contributed by atoms with Crippen LogP contribution in [0.5, 0.6) is 5.75 Å². The Labute approximate surface area is 232 Å². The minimum atomic E-state index is -0.0399. The molecule has 1 aromatic rings. The van der Waals surface area contributed by atoms with E-state index < -0.39 is 0 Å². The first-order chi connectivity index (χ1) is 18.1. The van der Waals surface area contributed by atoms with E-state index in [9.17, 15) is 9.59 Å². The molecule has 4 fully saturated rings. The van der Waals surface area contributed by atoms with Crippen LogP contribution >= 0.6 is 27.7 Å². The van der Waals surface area contributed by atoms with Crippen molar-refractivity contribution >= 4 is 50.7 Å². The average Bonchev–Trinajstić information content (AvgIpc) is 3.23. The van der Waals surface area contributed by atoms with Gasteiger partial charge in [0.1, 0.15) is 5.75 Å². The molecule has 2 saturated carbocycles. The van der Waals surface area contributed by atoms with Crippen molar-refractivity contribution in [3.63, 3.8) is 0 Å². The van der Waals surface area contributed by atoms with Gasteiger partial charge in [-0.3, -0.25) is 19.5 Å². The van der Waals surface area contributed by atoms with E-state index in [0.29, 0.717) is 38.1 Å². The van der Waals surface area contributed by atoms with Gasteiger partial charge >= 0.3 is 0 Å². The number of ether oxygens (including phenoxy) is 2. The predicted octanol–water partition coefficient (Wildman–Crippen LogP) is 5.62. The third-order valence-corrected chi connectivity index (χ3v) is 9.23. The smallest absolute Gasteiger partial charge is 0.266 e. The summed E-state index contributed by atoms with van der Waals surface area (Å²) >= 11 is 5.11. The van der Waals surface area contributed by atoms with E-state index in [1.54, 1.807) is 4.90 Å². The molecule has 2 saturated heterocycles. The number of hydrogen-bond acceptors (Lipinski definition) is 6. The Morgan fingerprint density at radius 1 is 1.08 bits per heavy atom. The molecule has 7 nitrogen and oxygen atoms in total. The molecule has 0 aromatic heterocycles. The molecule has 9 heteroatoms. The number of benzene rings is 1. The standard InChI is InChI=1S/C28H36BrN3O4S/c29-23-17-20(11-12-24(23)36-19-26(33)31-13-15-35-16-14-31)18-25-27(34)32(22-9-5-2-6-10-22)28(37-25)30-21-7-3-1-4-8-21/h11-12,17-18,21-22H,1-10,13-16,19H2/b25-18-,30-28?. The first-order valence-electron chi connectivity index (χ1n) is 13.7. The highest BCUT2D eigenvalue weighted by Crippen LogP contribution is 2.39. The van der Waals surface area contributed by atoms with Gasteiger partial charge in [-0.05, 0) is 77.1 Å². The molecule has 1 aromatic carbocycles. The molecular weight excluding hydrogens is 554 g/mol. The summed E-state index contributed by atoms with van der Waals surface area (Å²) in [6.45, 7) is 2.34. The summed E-state index contributed by atoms with van der Waals surface area (Å²) in [6.07, 6.45) is 13.7. The lowest BCUT2D eigenvalue weighted by Gasteiger charge is -2.31. The number of hydrogen-bond donors (Lipinski definition) is 0. The largest absolute Gasteiger partial charge is 0.483 e. The fraction of sp³-hybridized carbons (Fsp3) is 0.607. The summed E-state index contributed by atoms with van der Waals surface area (Å²) in [5.74, 6) is 0.651. The molecule has 2 amide bonds. The minimum Gasteiger partial charge on any atom is -0.483 e. The Kier molecular flexibility index (Phi) is 9.26. The molecular formula is C28H36BrN3O4S. The zero-order valence-corrected chi connectivity index (χ0v) is 23.7. The van der Waals surface area contributed by atoms with Crippen LogP contribution in [0.4, 0.5) is 0 Å². The second kappa shape index (κ2) is 12.8. The number of amidine groups is 1.